The number of carbonyl (C=O) groups excluding carboxylic acids is 1. The minimum Gasteiger partial charge on any atom is -0.326 e. The van der Waals surface area contributed by atoms with E-state index >= 15 is 0 Å². The molecule has 0 spiro atoms. The van der Waals surface area contributed by atoms with Crippen LogP contribution in [0, 0.1) is 5.92 Å². The van der Waals surface area contributed by atoms with E-state index in [-0.39, 0.29) is 16.8 Å². The van der Waals surface area contributed by atoms with E-state index in [1.807, 2.05) is 0 Å². The zero-order valence-corrected chi connectivity index (χ0v) is 11.8. The van der Waals surface area contributed by atoms with Crippen LogP contribution in [0.2, 0.25) is 0 Å². The van der Waals surface area contributed by atoms with E-state index in [1.165, 1.54) is 18.3 Å². The predicted molar refractivity (Wildman–Crippen MR) is 76.3 cm³/mol. The third kappa shape index (κ3) is 3.18. The molecular weight excluding hydrogens is 312 g/mol. The van der Waals surface area contributed by atoms with Crippen molar-refractivity contribution in [2.24, 2.45) is 5.92 Å². The summed E-state index contributed by atoms with van der Waals surface area (Å²) in [5, 5.41) is 2.34. The molecule has 3 rings (SSSR count). The lowest BCUT2D eigenvalue weighted by molar-refractivity contribution is -0.119. The van der Waals surface area contributed by atoms with Crippen LogP contribution in [0.5, 0.6) is 0 Å². The molecule has 0 aliphatic heterocycles. The van der Waals surface area contributed by atoms with Crippen molar-refractivity contribution in [1.82, 2.24) is 4.98 Å². The smallest absolute Gasteiger partial charge is 0.264 e. The summed E-state index contributed by atoms with van der Waals surface area (Å²) in [4.78, 5) is 15.7. The van der Waals surface area contributed by atoms with Gasteiger partial charge in [0, 0.05) is 29.4 Å². The number of carbonyl (C=O) groups is 1. The molecule has 1 N–H and O–H groups in total. The highest BCUT2D eigenvalue weighted by Crippen LogP contribution is 2.49. The zero-order valence-electron chi connectivity index (χ0n) is 11.8. The summed E-state index contributed by atoms with van der Waals surface area (Å²) >= 11 is 0. The van der Waals surface area contributed by atoms with Gasteiger partial charge in [-0.05, 0) is 24.3 Å². The molecule has 1 amide bonds. The Bertz CT molecular complexity index is 734. The summed E-state index contributed by atoms with van der Waals surface area (Å²) < 4.78 is 52.1. The van der Waals surface area contributed by atoms with Crippen molar-refractivity contribution in [3.05, 3.63) is 48.2 Å². The fourth-order valence-electron chi connectivity index (χ4n) is 2.30. The molecule has 1 atom stereocenters. The van der Waals surface area contributed by atoms with E-state index in [2.05, 4.69) is 10.3 Å². The molecule has 1 aromatic heterocycles. The van der Waals surface area contributed by atoms with Crippen LogP contribution in [0.4, 0.5) is 23.2 Å². The highest BCUT2D eigenvalue weighted by molar-refractivity contribution is 5.95. The molecule has 1 aromatic carbocycles. The summed E-state index contributed by atoms with van der Waals surface area (Å²) in [6.07, 6.45) is -1.74. The second kappa shape index (κ2) is 5.64. The molecule has 1 aliphatic rings. The molecular formula is C16H12F4N2O. The maximum absolute atomic E-state index is 13.1. The van der Waals surface area contributed by atoms with E-state index in [1.54, 1.807) is 18.2 Å². The molecule has 1 heterocycles. The molecule has 0 saturated heterocycles. The Labute approximate surface area is 129 Å². The molecule has 0 radical (unpaired) electrons. The molecule has 1 saturated carbocycles. The Morgan fingerprint density at radius 3 is 2.57 bits per heavy atom. The van der Waals surface area contributed by atoms with Crippen molar-refractivity contribution in [1.29, 1.82) is 0 Å². The average molecular weight is 324 g/mol. The predicted octanol–water partition coefficient (Wildman–Crippen LogP) is 4.28. The Morgan fingerprint density at radius 2 is 2.00 bits per heavy atom. The van der Waals surface area contributed by atoms with Gasteiger partial charge in [0.1, 0.15) is 5.92 Å². The van der Waals surface area contributed by atoms with Crippen molar-refractivity contribution in [3.63, 3.8) is 0 Å². The first-order valence-electron chi connectivity index (χ1n) is 6.90. The Kier molecular flexibility index (Phi) is 3.79. The van der Waals surface area contributed by atoms with Gasteiger partial charge in [-0.2, -0.15) is 0 Å². The third-order valence-electron chi connectivity index (χ3n) is 3.64. The highest BCUT2D eigenvalue weighted by atomic mass is 19.3. The number of hydrogen-bond donors (Lipinski definition) is 1. The van der Waals surface area contributed by atoms with Gasteiger partial charge in [-0.1, -0.05) is 12.1 Å². The molecule has 1 fully saturated rings. The van der Waals surface area contributed by atoms with Crippen molar-refractivity contribution in [2.75, 3.05) is 5.32 Å². The summed E-state index contributed by atoms with van der Waals surface area (Å²) in [6.45, 7) is 0. The van der Waals surface area contributed by atoms with Crippen LogP contribution >= 0.6 is 0 Å². The lowest BCUT2D eigenvalue weighted by Gasteiger charge is -2.12. The standard InChI is InChI=1S/C16H12F4N2O/c17-14(18)10-5-4-9(22-15(23)12-8-16(12,19)20)7-11(10)13-3-1-2-6-21-13/h1-7,12,14H,8H2,(H,22,23)/t12-/m1/s1. The number of anilines is 1. The quantitative estimate of drug-likeness (QED) is 0.853. The van der Waals surface area contributed by atoms with Crippen molar-refractivity contribution >= 4 is 11.6 Å². The topological polar surface area (TPSA) is 42.0 Å². The number of aromatic nitrogens is 1. The van der Waals surface area contributed by atoms with E-state index in [9.17, 15) is 22.4 Å². The number of benzene rings is 1. The molecule has 3 nitrogen and oxygen atoms in total. The zero-order chi connectivity index (χ0) is 16.6. The first-order valence-corrected chi connectivity index (χ1v) is 6.90. The Hall–Kier alpha value is -2.44. The van der Waals surface area contributed by atoms with E-state index in [0.29, 0.717) is 5.69 Å². The SMILES string of the molecule is O=C(Nc1ccc(C(F)F)c(-c2ccccn2)c1)[C@H]1CC1(F)F. The first-order chi connectivity index (χ1) is 10.9. The molecule has 2 aromatic rings. The van der Waals surface area contributed by atoms with Gasteiger partial charge in [0.25, 0.3) is 12.3 Å². The van der Waals surface area contributed by atoms with Crippen molar-refractivity contribution < 1.29 is 22.4 Å². The number of halogens is 4. The molecule has 7 heteroatoms. The third-order valence-corrected chi connectivity index (χ3v) is 3.64. The fourth-order valence-corrected chi connectivity index (χ4v) is 2.30. The number of alkyl halides is 4. The highest BCUT2D eigenvalue weighted by Gasteiger charge is 2.61. The van der Waals surface area contributed by atoms with Gasteiger partial charge >= 0.3 is 0 Å². The van der Waals surface area contributed by atoms with Gasteiger partial charge in [0.15, 0.2) is 0 Å². The summed E-state index contributed by atoms with van der Waals surface area (Å²) in [6, 6.07) is 8.60. The van der Waals surface area contributed by atoms with Crippen LogP contribution < -0.4 is 5.32 Å². The number of amides is 1. The lowest BCUT2D eigenvalue weighted by Crippen LogP contribution is -2.17. The van der Waals surface area contributed by atoms with Crippen LogP contribution in [0.15, 0.2) is 42.6 Å². The summed E-state index contributed by atoms with van der Waals surface area (Å²) in [5.74, 6) is -5.14. The largest absolute Gasteiger partial charge is 0.326 e. The van der Waals surface area contributed by atoms with Gasteiger partial charge in [0.05, 0.1) is 5.69 Å². The van der Waals surface area contributed by atoms with Gasteiger partial charge in [-0.15, -0.1) is 0 Å². The number of hydrogen-bond acceptors (Lipinski definition) is 2. The number of nitrogens with zero attached hydrogens (tertiary/aromatic N) is 1. The first kappa shape index (κ1) is 15.5. The molecule has 0 bridgehead atoms. The van der Waals surface area contributed by atoms with E-state index < -0.39 is 30.6 Å². The molecule has 1 aliphatic carbocycles. The van der Waals surface area contributed by atoms with Crippen LogP contribution in [0.3, 0.4) is 0 Å². The van der Waals surface area contributed by atoms with Crippen molar-refractivity contribution in [3.8, 4) is 11.3 Å². The summed E-state index contributed by atoms with van der Waals surface area (Å²) in [7, 11) is 0. The van der Waals surface area contributed by atoms with Crippen LogP contribution in [0.25, 0.3) is 11.3 Å². The second-order valence-corrected chi connectivity index (χ2v) is 5.32. The fraction of sp³-hybridized carbons (Fsp3) is 0.250. The molecule has 0 unspecified atom stereocenters. The van der Waals surface area contributed by atoms with Crippen LogP contribution in [0.1, 0.15) is 18.4 Å². The maximum Gasteiger partial charge on any atom is 0.264 e. The average Bonchev–Trinajstić information content (AvgIpc) is 3.17. The number of pyridine rings is 1. The van der Waals surface area contributed by atoms with Gasteiger partial charge in [-0.25, -0.2) is 17.6 Å². The number of rotatable bonds is 4. The Morgan fingerprint density at radius 1 is 1.26 bits per heavy atom. The minimum absolute atomic E-state index is 0.154. The normalized spacial score (nSPS) is 18.7. The molecule has 120 valence electrons. The van der Waals surface area contributed by atoms with E-state index in [0.717, 1.165) is 6.07 Å². The Balaban J connectivity index is 1.90. The van der Waals surface area contributed by atoms with Crippen LogP contribution in [-0.2, 0) is 4.79 Å². The minimum atomic E-state index is -2.98. The molecule has 23 heavy (non-hydrogen) atoms. The van der Waals surface area contributed by atoms with E-state index in [4.69, 9.17) is 0 Å². The van der Waals surface area contributed by atoms with Crippen LogP contribution in [-0.4, -0.2) is 16.8 Å². The maximum atomic E-state index is 13.1. The second-order valence-electron chi connectivity index (χ2n) is 5.32. The lowest BCUT2D eigenvalue weighted by atomic mass is 10.0. The summed E-state index contributed by atoms with van der Waals surface area (Å²) in [5.41, 5.74) is 0.415. The number of nitrogens with one attached hydrogen (secondary N) is 1. The van der Waals surface area contributed by atoms with Gasteiger partial charge < -0.3 is 5.32 Å². The van der Waals surface area contributed by atoms with Gasteiger partial charge in [0.2, 0.25) is 5.91 Å². The van der Waals surface area contributed by atoms with Gasteiger partial charge in [-0.3, -0.25) is 9.78 Å². The monoisotopic (exact) mass is 324 g/mol. The van der Waals surface area contributed by atoms with Crippen molar-refractivity contribution in [2.45, 2.75) is 18.8 Å².